The summed E-state index contributed by atoms with van der Waals surface area (Å²) >= 11 is 5.05. The average molecular weight is 399 g/mol. The molecule has 0 N–H and O–H groups in total. The number of aromatic nitrogens is 1. The van der Waals surface area contributed by atoms with Crippen molar-refractivity contribution in [3.8, 4) is 11.8 Å². The largest absolute Gasteiger partial charge is 0.490 e. The number of fused-ring (bicyclic) bond motifs is 1. The molecule has 0 radical (unpaired) electrons. The smallest absolute Gasteiger partial charge is 0.135 e. The van der Waals surface area contributed by atoms with Gasteiger partial charge in [0.2, 0.25) is 0 Å². The lowest BCUT2D eigenvalue weighted by Crippen LogP contribution is -2.05. The molecule has 0 aliphatic heterocycles. The lowest BCUT2D eigenvalue weighted by molar-refractivity contribution is 0.241. The number of halogens is 1. The highest BCUT2D eigenvalue weighted by Crippen LogP contribution is 2.31. The maximum atomic E-state index is 9.52. The van der Waals surface area contributed by atoms with Crippen LogP contribution in [0, 0.1) is 11.3 Å². The van der Waals surface area contributed by atoms with Crippen molar-refractivity contribution >= 4 is 49.1 Å². The SMILES string of the molecule is CC(C)Oc1ccc(/C=C(/C#N)c2nc3ccccc3s2)cc1Br. The van der Waals surface area contributed by atoms with E-state index in [1.165, 1.54) is 11.3 Å². The number of rotatable bonds is 4. The predicted octanol–water partition coefficient (Wildman–Crippen LogP) is 5.91. The molecule has 2 aromatic carbocycles. The third-order valence-electron chi connectivity index (χ3n) is 3.27. The normalized spacial score (nSPS) is 11.7. The van der Waals surface area contributed by atoms with Crippen LogP contribution in [0.3, 0.4) is 0 Å². The van der Waals surface area contributed by atoms with E-state index in [1.807, 2.05) is 62.4 Å². The van der Waals surface area contributed by atoms with E-state index < -0.39 is 0 Å². The van der Waals surface area contributed by atoms with Crippen LogP contribution in [0.15, 0.2) is 46.9 Å². The van der Waals surface area contributed by atoms with E-state index in [-0.39, 0.29) is 6.10 Å². The van der Waals surface area contributed by atoms with Crippen LogP contribution in [-0.2, 0) is 0 Å². The van der Waals surface area contributed by atoms with E-state index in [0.717, 1.165) is 31.0 Å². The summed E-state index contributed by atoms with van der Waals surface area (Å²) in [5, 5.41) is 10.3. The zero-order valence-corrected chi connectivity index (χ0v) is 15.7. The topological polar surface area (TPSA) is 45.9 Å². The minimum Gasteiger partial charge on any atom is -0.490 e. The van der Waals surface area contributed by atoms with Crippen molar-refractivity contribution in [2.75, 3.05) is 0 Å². The maximum Gasteiger partial charge on any atom is 0.135 e. The fourth-order valence-electron chi connectivity index (χ4n) is 2.25. The summed E-state index contributed by atoms with van der Waals surface area (Å²) in [4.78, 5) is 4.55. The van der Waals surface area contributed by atoms with Crippen molar-refractivity contribution in [3.05, 3.63) is 57.5 Å². The summed E-state index contributed by atoms with van der Waals surface area (Å²) in [5.74, 6) is 0.792. The molecule has 0 aliphatic carbocycles. The zero-order valence-electron chi connectivity index (χ0n) is 13.3. The van der Waals surface area contributed by atoms with Crippen LogP contribution < -0.4 is 4.74 Å². The van der Waals surface area contributed by atoms with Crippen LogP contribution in [-0.4, -0.2) is 11.1 Å². The summed E-state index contributed by atoms with van der Waals surface area (Å²) in [6.45, 7) is 3.97. The van der Waals surface area contributed by atoms with Gasteiger partial charge in [0.1, 0.15) is 16.8 Å². The Kier molecular flexibility index (Phi) is 4.98. The van der Waals surface area contributed by atoms with Gasteiger partial charge in [-0.2, -0.15) is 5.26 Å². The van der Waals surface area contributed by atoms with Crippen molar-refractivity contribution in [2.45, 2.75) is 20.0 Å². The van der Waals surface area contributed by atoms with Crippen LogP contribution in [0.25, 0.3) is 21.9 Å². The highest BCUT2D eigenvalue weighted by atomic mass is 79.9. The van der Waals surface area contributed by atoms with Gasteiger partial charge in [0.15, 0.2) is 0 Å². The van der Waals surface area contributed by atoms with Gasteiger partial charge in [-0.25, -0.2) is 4.98 Å². The standard InChI is InChI=1S/C19H15BrN2OS/c1-12(2)23-17-8-7-13(10-15(17)20)9-14(11-21)19-22-16-5-3-4-6-18(16)24-19/h3-10,12H,1-2H3/b14-9-. The molecule has 3 nitrogen and oxygen atoms in total. The van der Waals surface area contributed by atoms with E-state index in [2.05, 4.69) is 27.0 Å². The summed E-state index contributed by atoms with van der Waals surface area (Å²) in [6, 6.07) is 15.9. The van der Waals surface area contributed by atoms with E-state index >= 15 is 0 Å². The van der Waals surface area contributed by atoms with E-state index in [4.69, 9.17) is 4.74 Å². The van der Waals surface area contributed by atoms with Gasteiger partial charge in [0.25, 0.3) is 0 Å². The molecule has 120 valence electrons. The molecule has 3 aromatic rings. The molecule has 0 spiro atoms. The van der Waals surface area contributed by atoms with Gasteiger partial charge in [0, 0.05) is 0 Å². The second kappa shape index (κ2) is 7.16. The summed E-state index contributed by atoms with van der Waals surface area (Å²) in [7, 11) is 0. The number of thiazole rings is 1. The van der Waals surface area contributed by atoms with Crippen LogP contribution in [0.2, 0.25) is 0 Å². The van der Waals surface area contributed by atoms with Gasteiger partial charge >= 0.3 is 0 Å². The molecule has 0 saturated heterocycles. The number of benzene rings is 2. The molecule has 3 rings (SSSR count). The van der Waals surface area contributed by atoms with Crippen molar-refractivity contribution < 1.29 is 4.74 Å². The third kappa shape index (κ3) is 3.66. The van der Waals surface area contributed by atoms with Crippen molar-refractivity contribution in [3.63, 3.8) is 0 Å². The lowest BCUT2D eigenvalue weighted by Gasteiger charge is -2.11. The fraction of sp³-hybridized carbons (Fsp3) is 0.158. The first-order chi connectivity index (χ1) is 11.6. The van der Waals surface area contributed by atoms with Gasteiger partial charge in [-0.15, -0.1) is 11.3 Å². The van der Waals surface area contributed by atoms with Gasteiger partial charge in [-0.3, -0.25) is 0 Å². The predicted molar refractivity (Wildman–Crippen MR) is 103 cm³/mol. The number of hydrogen-bond acceptors (Lipinski definition) is 4. The highest BCUT2D eigenvalue weighted by Gasteiger charge is 2.09. The number of ether oxygens (including phenoxy) is 1. The van der Waals surface area contributed by atoms with Gasteiger partial charge in [-0.1, -0.05) is 18.2 Å². The lowest BCUT2D eigenvalue weighted by atomic mass is 10.1. The molecular weight excluding hydrogens is 384 g/mol. The Balaban J connectivity index is 1.96. The Labute approximate surface area is 153 Å². The molecule has 0 unspecified atom stereocenters. The number of hydrogen-bond donors (Lipinski definition) is 0. The maximum absolute atomic E-state index is 9.52. The molecule has 0 saturated carbocycles. The first-order valence-electron chi connectivity index (χ1n) is 7.51. The van der Waals surface area contributed by atoms with Crippen LogP contribution >= 0.6 is 27.3 Å². The van der Waals surface area contributed by atoms with Gasteiger partial charge < -0.3 is 4.74 Å². The number of allylic oxidation sites excluding steroid dienone is 1. The molecule has 0 fully saturated rings. The third-order valence-corrected chi connectivity index (χ3v) is 4.96. The molecular formula is C19H15BrN2OS. The Morgan fingerprint density at radius 2 is 2.08 bits per heavy atom. The minimum absolute atomic E-state index is 0.111. The number of nitriles is 1. The molecule has 1 aromatic heterocycles. The van der Waals surface area contributed by atoms with Crippen LogP contribution in [0.1, 0.15) is 24.4 Å². The first-order valence-corrected chi connectivity index (χ1v) is 9.11. The Morgan fingerprint density at radius 3 is 2.75 bits per heavy atom. The Hall–Kier alpha value is -2.16. The quantitative estimate of drug-likeness (QED) is 0.513. The van der Waals surface area contributed by atoms with Gasteiger partial charge in [0.05, 0.1) is 26.4 Å². The second-order valence-electron chi connectivity index (χ2n) is 5.51. The molecule has 5 heteroatoms. The number of nitrogens with zero attached hydrogens (tertiary/aromatic N) is 2. The monoisotopic (exact) mass is 398 g/mol. The molecule has 24 heavy (non-hydrogen) atoms. The van der Waals surface area contributed by atoms with Crippen molar-refractivity contribution in [2.24, 2.45) is 0 Å². The second-order valence-corrected chi connectivity index (χ2v) is 7.40. The molecule has 1 heterocycles. The average Bonchev–Trinajstić information content (AvgIpc) is 2.98. The summed E-state index contributed by atoms with van der Waals surface area (Å²) in [5.41, 5.74) is 2.40. The molecule has 0 amide bonds. The van der Waals surface area contributed by atoms with Gasteiger partial charge in [-0.05, 0) is 65.7 Å². The van der Waals surface area contributed by atoms with Crippen LogP contribution in [0.4, 0.5) is 0 Å². The first kappa shape index (κ1) is 16.7. The number of para-hydroxylation sites is 1. The highest BCUT2D eigenvalue weighted by molar-refractivity contribution is 9.10. The van der Waals surface area contributed by atoms with Crippen LogP contribution in [0.5, 0.6) is 5.75 Å². The Bertz CT molecular complexity index is 920. The summed E-state index contributed by atoms with van der Waals surface area (Å²) in [6.07, 6.45) is 1.96. The summed E-state index contributed by atoms with van der Waals surface area (Å²) < 4.78 is 7.66. The van der Waals surface area contributed by atoms with Crippen molar-refractivity contribution in [1.29, 1.82) is 5.26 Å². The van der Waals surface area contributed by atoms with E-state index in [1.54, 1.807) is 0 Å². The minimum atomic E-state index is 0.111. The Morgan fingerprint density at radius 1 is 1.29 bits per heavy atom. The molecule has 0 aliphatic rings. The fourth-order valence-corrected chi connectivity index (χ4v) is 3.67. The zero-order chi connectivity index (χ0) is 17.1. The van der Waals surface area contributed by atoms with E-state index in [9.17, 15) is 5.26 Å². The van der Waals surface area contributed by atoms with Crippen molar-refractivity contribution in [1.82, 2.24) is 4.98 Å². The molecule has 0 atom stereocenters. The van der Waals surface area contributed by atoms with E-state index in [0.29, 0.717) is 5.57 Å². The molecule has 0 bridgehead atoms.